The highest BCUT2D eigenvalue weighted by Gasteiger charge is 2.19. The Labute approximate surface area is 115 Å². The van der Waals surface area contributed by atoms with Crippen LogP contribution in [-0.2, 0) is 6.61 Å². The first-order chi connectivity index (χ1) is 8.56. The fourth-order valence-corrected chi connectivity index (χ4v) is 2.37. The Morgan fingerprint density at radius 3 is 2.39 bits per heavy atom. The third kappa shape index (κ3) is 2.23. The summed E-state index contributed by atoms with van der Waals surface area (Å²) in [6, 6.07) is 5.34. The van der Waals surface area contributed by atoms with Crippen molar-refractivity contribution in [2.75, 3.05) is 0 Å². The third-order valence-electron chi connectivity index (χ3n) is 2.63. The highest BCUT2D eigenvalue weighted by atomic mass is 35.5. The van der Waals surface area contributed by atoms with Gasteiger partial charge in [-0.1, -0.05) is 34.5 Å². The Hall–Kier alpha value is -1.10. The van der Waals surface area contributed by atoms with Gasteiger partial charge in [0.25, 0.3) is 0 Å². The highest BCUT2D eigenvalue weighted by Crippen LogP contribution is 2.35. The molecule has 1 N–H and O–H groups in total. The van der Waals surface area contributed by atoms with Crippen molar-refractivity contribution in [3.05, 3.63) is 33.9 Å². The van der Waals surface area contributed by atoms with Gasteiger partial charge in [0, 0.05) is 11.6 Å². The largest absolute Gasteiger partial charge is 0.390 e. The molecule has 0 radical (unpaired) electrons. The van der Waals surface area contributed by atoms with Crippen LogP contribution in [0.2, 0.25) is 10.0 Å². The molecule has 0 atom stereocenters. The zero-order chi connectivity index (χ0) is 13.3. The van der Waals surface area contributed by atoms with Gasteiger partial charge in [0.2, 0.25) is 0 Å². The van der Waals surface area contributed by atoms with E-state index in [-0.39, 0.29) is 12.6 Å². The summed E-state index contributed by atoms with van der Waals surface area (Å²) in [6.45, 7) is 3.76. The van der Waals surface area contributed by atoms with Gasteiger partial charge in [-0.25, -0.2) is 4.68 Å². The van der Waals surface area contributed by atoms with E-state index in [0.29, 0.717) is 27.0 Å². The minimum Gasteiger partial charge on any atom is -0.390 e. The van der Waals surface area contributed by atoms with Gasteiger partial charge in [-0.15, -0.1) is 5.10 Å². The summed E-state index contributed by atoms with van der Waals surface area (Å²) in [5.74, 6) is 0. The van der Waals surface area contributed by atoms with E-state index in [1.165, 1.54) is 0 Å². The summed E-state index contributed by atoms with van der Waals surface area (Å²) >= 11 is 12.3. The number of hydrogen-bond donors (Lipinski definition) is 1. The molecule has 96 valence electrons. The quantitative estimate of drug-likeness (QED) is 0.941. The van der Waals surface area contributed by atoms with Gasteiger partial charge in [0.15, 0.2) is 0 Å². The van der Waals surface area contributed by atoms with Crippen molar-refractivity contribution < 1.29 is 5.11 Å². The molecule has 0 bridgehead atoms. The van der Waals surface area contributed by atoms with E-state index in [9.17, 15) is 5.11 Å². The lowest BCUT2D eigenvalue weighted by Gasteiger charge is -2.10. The molecule has 0 amide bonds. The van der Waals surface area contributed by atoms with Crippen LogP contribution in [0.15, 0.2) is 18.2 Å². The lowest BCUT2D eigenvalue weighted by molar-refractivity contribution is 0.264. The van der Waals surface area contributed by atoms with Crippen LogP contribution < -0.4 is 0 Å². The van der Waals surface area contributed by atoms with Crippen molar-refractivity contribution in [1.82, 2.24) is 15.0 Å². The average molecular weight is 286 g/mol. The molecule has 1 heterocycles. The number of hydrogen-bond acceptors (Lipinski definition) is 3. The molecular formula is C12H13Cl2N3O. The molecule has 6 heteroatoms. The predicted octanol–water partition coefficient (Wildman–Crippen LogP) is 3.33. The maximum Gasteiger partial charge on any atom is 0.121 e. The van der Waals surface area contributed by atoms with Crippen LogP contribution in [0, 0.1) is 0 Å². The molecule has 0 spiro atoms. The van der Waals surface area contributed by atoms with Crippen molar-refractivity contribution in [1.29, 1.82) is 0 Å². The van der Waals surface area contributed by atoms with Gasteiger partial charge in [0.05, 0.1) is 22.3 Å². The number of aliphatic hydroxyl groups excluding tert-OH is 1. The number of aliphatic hydroxyl groups is 1. The summed E-state index contributed by atoms with van der Waals surface area (Å²) in [7, 11) is 0. The van der Waals surface area contributed by atoms with Gasteiger partial charge in [-0.3, -0.25) is 0 Å². The van der Waals surface area contributed by atoms with Gasteiger partial charge in [-0.2, -0.15) is 0 Å². The second-order valence-electron chi connectivity index (χ2n) is 4.18. The molecule has 2 aromatic rings. The van der Waals surface area contributed by atoms with Gasteiger partial charge in [0.1, 0.15) is 5.69 Å². The Bertz CT molecular complexity index is 546. The van der Waals surface area contributed by atoms with Crippen molar-refractivity contribution >= 4 is 23.2 Å². The van der Waals surface area contributed by atoms with E-state index in [4.69, 9.17) is 23.2 Å². The molecule has 0 aliphatic rings. The number of nitrogens with zero attached hydrogens (tertiary/aromatic N) is 3. The smallest absolute Gasteiger partial charge is 0.121 e. The van der Waals surface area contributed by atoms with Crippen LogP contribution in [-0.4, -0.2) is 20.1 Å². The maximum absolute atomic E-state index is 9.49. The molecule has 2 rings (SSSR count). The molecule has 0 saturated heterocycles. The van der Waals surface area contributed by atoms with Crippen LogP contribution in [0.5, 0.6) is 0 Å². The SMILES string of the molecule is CC(C)n1nnc(-c2c(Cl)cccc2Cl)c1CO. The summed E-state index contributed by atoms with van der Waals surface area (Å²) in [5, 5.41) is 18.6. The monoisotopic (exact) mass is 285 g/mol. The average Bonchev–Trinajstić information content (AvgIpc) is 2.72. The van der Waals surface area contributed by atoms with Gasteiger partial charge >= 0.3 is 0 Å². The first kappa shape index (κ1) is 13.3. The van der Waals surface area contributed by atoms with Gasteiger partial charge < -0.3 is 5.11 Å². The van der Waals surface area contributed by atoms with E-state index in [1.807, 2.05) is 13.8 Å². The van der Waals surface area contributed by atoms with E-state index in [0.717, 1.165) is 0 Å². The van der Waals surface area contributed by atoms with E-state index in [2.05, 4.69) is 10.3 Å². The fourth-order valence-electron chi connectivity index (χ4n) is 1.79. The van der Waals surface area contributed by atoms with Crippen molar-refractivity contribution in [3.63, 3.8) is 0 Å². The number of rotatable bonds is 3. The predicted molar refractivity (Wildman–Crippen MR) is 71.8 cm³/mol. The molecule has 0 fully saturated rings. The second-order valence-corrected chi connectivity index (χ2v) is 4.99. The number of aromatic nitrogens is 3. The summed E-state index contributed by atoms with van der Waals surface area (Å²) in [6.07, 6.45) is 0. The molecule has 4 nitrogen and oxygen atoms in total. The van der Waals surface area contributed by atoms with Crippen LogP contribution in [0.4, 0.5) is 0 Å². The summed E-state index contributed by atoms with van der Waals surface area (Å²) < 4.78 is 1.66. The fraction of sp³-hybridized carbons (Fsp3) is 0.333. The Balaban J connectivity index is 2.65. The van der Waals surface area contributed by atoms with Gasteiger partial charge in [-0.05, 0) is 26.0 Å². The van der Waals surface area contributed by atoms with E-state index < -0.39 is 0 Å². The lowest BCUT2D eigenvalue weighted by atomic mass is 10.1. The van der Waals surface area contributed by atoms with Crippen LogP contribution in [0.25, 0.3) is 11.3 Å². The summed E-state index contributed by atoms with van der Waals surface area (Å²) in [4.78, 5) is 0. The molecule has 1 aromatic carbocycles. The topological polar surface area (TPSA) is 50.9 Å². The standard InChI is InChI=1S/C12H13Cl2N3O/c1-7(2)17-10(6-18)12(15-16-17)11-8(13)4-3-5-9(11)14/h3-5,7,18H,6H2,1-2H3. The minimum atomic E-state index is -0.165. The van der Waals surface area contributed by atoms with Crippen molar-refractivity contribution in [3.8, 4) is 11.3 Å². The van der Waals surface area contributed by atoms with Crippen molar-refractivity contribution in [2.24, 2.45) is 0 Å². The van der Waals surface area contributed by atoms with E-state index in [1.54, 1.807) is 22.9 Å². The number of benzene rings is 1. The Morgan fingerprint density at radius 2 is 1.89 bits per heavy atom. The minimum absolute atomic E-state index is 0.106. The number of halogens is 2. The molecule has 0 aliphatic carbocycles. The molecule has 0 saturated carbocycles. The second kappa shape index (κ2) is 5.26. The normalized spacial score (nSPS) is 11.2. The molecule has 18 heavy (non-hydrogen) atoms. The molecule has 1 aromatic heterocycles. The molecular weight excluding hydrogens is 273 g/mol. The van der Waals surface area contributed by atoms with E-state index >= 15 is 0 Å². The first-order valence-electron chi connectivity index (χ1n) is 5.55. The lowest BCUT2D eigenvalue weighted by Crippen LogP contribution is -2.08. The van der Waals surface area contributed by atoms with Crippen LogP contribution >= 0.6 is 23.2 Å². The van der Waals surface area contributed by atoms with Crippen LogP contribution in [0.3, 0.4) is 0 Å². The van der Waals surface area contributed by atoms with Crippen molar-refractivity contribution in [2.45, 2.75) is 26.5 Å². The zero-order valence-corrected chi connectivity index (χ0v) is 11.6. The Kier molecular flexibility index (Phi) is 3.90. The van der Waals surface area contributed by atoms with Crippen LogP contribution in [0.1, 0.15) is 25.6 Å². The highest BCUT2D eigenvalue weighted by molar-refractivity contribution is 6.39. The first-order valence-corrected chi connectivity index (χ1v) is 6.31. The summed E-state index contributed by atoms with van der Waals surface area (Å²) in [5.41, 5.74) is 1.75. The maximum atomic E-state index is 9.49. The zero-order valence-electron chi connectivity index (χ0n) is 10.1. The molecule has 0 aliphatic heterocycles. The third-order valence-corrected chi connectivity index (χ3v) is 3.26. The molecule has 0 unspecified atom stereocenters. The Morgan fingerprint density at radius 1 is 1.28 bits per heavy atom.